The molecule has 1 heterocycles. The number of thiocarbonyl (C=S) groups is 1. The van der Waals surface area contributed by atoms with Gasteiger partial charge in [-0.25, -0.2) is 0 Å². The molecule has 1 aromatic heterocycles. The quantitative estimate of drug-likeness (QED) is 0.676. The van der Waals surface area contributed by atoms with Crippen LogP contribution in [0.15, 0.2) is 24.3 Å². The van der Waals surface area contributed by atoms with E-state index in [9.17, 15) is 0 Å². The molecular formula is C13H15N3S. The Labute approximate surface area is 105 Å². The third-order valence-corrected chi connectivity index (χ3v) is 3.55. The molecule has 0 spiro atoms. The molecule has 0 amide bonds. The summed E-state index contributed by atoms with van der Waals surface area (Å²) in [4.78, 5) is 3.49. The molecule has 4 N–H and O–H groups in total. The van der Waals surface area contributed by atoms with Gasteiger partial charge in [0.2, 0.25) is 0 Å². The highest BCUT2D eigenvalue weighted by Crippen LogP contribution is 2.34. The number of aryl methyl sites for hydroxylation is 1. The third kappa shape index (κ3) is 1.78. The van der Waals surface area contributed by atoms with Crippen molar-refractivity contribution in [1.82, 2.24) is 10.3 Å². The Morgan fingerprint density at radius 3 is 3.06 bits per heavy atom. The Balaban J connectivity index is 2.10. The topological polar surface area (TPSA) is 53.8 Å². The maximum Gasteiger partial charge on any atom is 0.164 e. The molecule has 0 radical (unpaired) electrons. The van der Waals surface area contributed by atoms with Gasteiger partial charge in [0.1, 0.15) is 0 Å². The second-order valence-electron chi connectivity index (χ2n) is 4.52. The third-order valence-electron chi connectivity index (χ3n) is 3.43. The number of aromatic amines is 1. The Hall–Kier alpha value is -1.55. The first-order valence-corrected chi connectivity index (χ1v) is 6.32. The van der Waals surface area contributed by atoms with Gasteiger partial charge in [-0.2, -0.15) is 0 Å². The minimum absolute atomic E-state index is 0.239. The number of aromatic nitrogens is 1. The summed E-state index contributed by atoms with van der Waals surface area (Å²) >= 11 is 4.94. The molecule has 4 heteroatoms. The summed E-state index contributed by atoms with van der Waals surface area (Å²) in [5.41, 5.74) is 9.46. The van der Waals surface area contributed by atoms with Crippen LogP contribution in [0.4, 0.5) is 0 Å². The van der Waals surface area contributed by atoms with Gasteiger partial charge >= 0.3 is 0 Å². The standard InChI is InChI=1S/C13H15N3S/c14-13(17)16-11-7-3-5-9-8-4-1-2-6-10(8)15-12(9)11/h1-2,4,6,11,15H,3,5,7H2,(H3,14,16,17). The number of benzene rings is 1. The Bertz CT molecular complexity index is 573. The molecule has 1 unspecified atom stereocenters. The smallest absolute Gasteiger partial charge is 0.164 e. The van der Waals surface area contributed by atoms with Gasteiger partial charge in [-0.05, 0) is 43.1 Å². The molecular weight excluding hydrogens is 230 g/mol. The second kappa shape index (κ2) is 4.04. The van der Waals surface area contributed by atoms with E-state index in [0.717, 1.165) is 12.8 Å². The summed E-state index contributed by atoms with van der Waals surface area (Å²) < 4.78 is 0. The van der Waals surface area contributed by atoms with E-state index in [4.69, 9.17) is 18.0 Å². The van der Waals surface area contributed by atoms with Crippen molar-refractivity contribution in [2.24, 2.45) is 5.73 Å². The van der Waals surface area contributed by atoms with Crippen LogP contribution in [0.5, 0.6) is 0 Å². The van der Waals surface area contributed by atoms with E-state index >= 15 is 0 Å². The van der Waals surface area contributed by atoms with Crippen LogP contribution in [0.2, 0.25) is 0 Å². The van der Waals surface area contributed by atoms with Crippen LogP contribution in [0.25, 0.3) is 10.9 Å². The normalized spacial score (nSPS) is 18.9. The number of nitrogens with one attached hydrogen (secondary N) is 2. The minimum Gasteiger partial charge on any atom is -0.376 e. The van der Waals surface area contributed by atoms with Crippen LogP contribution in [-0.2, 0) is 6.42 Å². The Morgan fingerprint density at radius 1 is 1.41 bits per heavy atom. The molecule has 1 aliphatic carbocycles. The van der Waals surface area contributed by atoms with Crippen molar-refractivity contribution in [3.8, 4) is 0 Å². The largest absolute Gasteiger partial charge is 0.376 e. The first-order chi connectivity index (χ1) is 8.25. The summed E-state index contributed by atoms with van der Waals surface area (Å²) in [6, 6.07) is 8.67. The van der Waals surface area contributed by atoms with Crippen molar-refractivity contribution in [3.63, 3.8) is 0 Å². The van der Waals surface area contributed by atoms with Crippen LogP contribution >= 0.6 is 12.2 Å². The van der Waals surface area contributed by atoms with Crippen LogP contribution in [0.1, 0.15) is 30.1 Å². The lowest BCUT2D eigenvalue weighted by Gasteiger charge is -2.23. The van der Waals surface area contributed by atoms with E-state index in [1.54, 1.807) is 0 Å². The Kier molecular flexibility index (Phi) is 2.52. The lowest BCUT2D eigenvalue weighted by molar-refractivity contribution is 0.520. The lowest BCUT2D eigenvalue weighted by atomic mass is 9.92. The molecule has 0 bridgehead atoms. The number of fused-ring (bicyclic) bond motifs is 3. The predicted molar refractivity (Wildman–Crippen MR) is 73.9 cm³/mol. The zero-order valence-corrected chi connectivity index (χ0v) is 10.3. The summed E-state index contributed by atoms with van der Waals surface area (Å²) in [6.07, 6.45) is 3.39. The van der Waals surface area contributed by atoms with Crippen LogP contribution in [0.3, 0.4) is 0 Å². The van der Waals surface area contributed by atoms with Gasteiger partial charge in [0.25, 0.3) is 0 Å². The first kappa shape index (κ1) is 10.6. The molecule has 1 aliphatic rings. The first-order valence-electron chi connectivity index (χ1n) is 5.91. The summed E-state index contributed by atoms with van der Waals surface area (Å²) in [5, 5.41) is 4.88. The fraction of sp³-hybridized carbons (Fsp3) is 0.308. The van der Waals surface area contributed by atoms with Crippen LogP contribution in [0, 0.1) is 0 Å². The van der Waals surface area contributed by atoms with Gasteiger partial charge in [-0.15, -0.1) is 0 Å². The number of nitrogens with two attached hydrogens (primary N) is 1. The summed E-state index contributed by atoms with van der Waals surface area (Å²) in [7, 11) is 0. The van der Waals surface area contributed by atoms with Crippen LogP contribution in [-0.4, -0.2) is 10.1 Å². The van der Waals surface area contributed by atoms with E-state index in [1.165, 1.54) is 28.6 Å². The van der Waals surface area contributed by atoms with E-state index in [1.807, 2.05) is 0 Å². The molecule has 0 saturated carbocycles. The maximum absolute atomic E-state index is 5.58. The molecule has 17 heavy (non-hydrogen) atoms. The monoisotopic (exact) mass is 245 g/mol. The average Bonchev–Trinajstić information content (AvgIpc) is 2.68. The fourth-order valence-electron chi connectivity index (χ4n) is 2.73. The predicted octanol–water partition coefficient (Wildman–Crippen LogP) is 2.38. The van der Waals surface area contributed by atoms with E-state index in [0.29, 0.717) is 5.11 Å². The molecule has 88 valence electrons. The zero-order valence-electron chi connectivity index (χ0n) is 9.49. The Morgan fingerprint density at radius 2 is 2.24 bits per heavy atom. The van der Waals surface area contributed by atoms with E-state index < -0.39 is 0 Å². The zero-order chi connectivity index (χ0) is 11.8. The molecule has 0 fully saturated rings. The summed E-state index contributed by atoms with van der Waals surface area (Å²) in [5.74, 6) is 0. The fourth-order valence-corrected chi connectivity index (χ4v) is 2.87. The molecule has 1 atom stereocenters. The van der Waals surface area contributed by atoms with Gasteiger partial charge in [-0.1, -0.05) is 18.2 Å². The number of hydrogen-bond acceptors (Lipinski definition) is 1. The average molecular weight is 245 g/mol. The van der Waals surface area contributed by atoms with Gasteiger partial charge in [0.05, 0.1) is 6.04 Å². The van der Waals surface area contributed by atoms with Crippen molar-refractivity contribution in [2.45, 2.75) is 25.3 Å². The lowest BCUT2D eigenvalue weighted by Crippen LogP contribution is -2.34. The van der Waals surface area contributed by atoms with Crippen LogP contribution < -0.4 is 11.1 Å². The number of hydrogen-bond donors (Lipinski definition) is 3. The van der Waals surface area contributed by atoms with Crippen molar-refractivity contribution in [2.75, 3.05) is 0 Å². The molecule has 3 nitrogen and oxygen atoms in total. The molecule has 3 rings (SSSR count). The van der Waals surface area contributed by atoms with Gasteiger partial charge < -0.3 is 16.0 Å². The van der Waals surface area contributed by atoms with Gasteiger partial charge in [0, 0.05) is 16.6 Å². The number of H-pyrrole nitrogens is 1. The molecule has 1 aromatic carbocycles. The van der Waals surface area contributed by atoms with Crippen molar-refractivity contribution in [1.29, 1.82) is 0 Å². The minimum atomic E-state index is 0.239. The number of para-hydroxylation sites is 1. The molecule has 0 aliphatic heterocycles. The second-order valence-corrected chi connectivity index (χ2v) is 4.96. The number of rotatable bonds is 1. The van der Waals surface area contributed by atoms with Gasteiger partial charge in [0.15, 0.2) is 5.11 Å². The molecule has 0 saturated heterocycles. The highest BCUT2D eigenvalue weighted by atomic mass is 32.1. The highest BCUT2D eigenvalue weighted by Gasteiger charge is 2.23. The molecule has 2 aromatic rings. The van der Waals surface area contributed by atoms with E-state index in [2.05, 4.69) is 34.6 Å². The van der Waals surface area contributed by atoms with Crippen molar-refractivity contribution in [3.05, 3.63) is 35.5 Å². The van der Waals surface area contributed by atoms with Gasteiger partial charge in [-0.3, -0.25) is 0 Å². The summed E-state index contributed by atoms with van der Waals surface area (Å²) in [6.45, 7) is 0. The highest BCUT2D eigenvalue weighted by molar-refractivity contribution is 7.80. The van der Waals surface area contributed by atoms with Crippen molar-refractivity contribution >= 4 is 28.2 Å². The van der Waals surface area contributed by atoms with Crippen molar-refractivity contribution < 1.29 is 0 Å². The maximum atomic E-state index is 5.58. The SMILES string of the molecule is NC(=S)NC1CCCc2c1[nH]c1ccccc21. The van der Waals surface area contributed by atoms with E-state index in [-0.39, 0.29) is 6.04 Å².